The minimum atomic E-state index is 1.03. The molecule has 7 aromatic rings. The summed E-state index contributed by atoms with van der Waals surface area (Å²) in [5.41, 5.74) is 11.0. The molecule has 0 spiro atoms. The van der Waals surface area contributed by atoms with Gasteiger partial charge in [0, 0.05) is 17.6 Å². The van der Waals surface area contributed by atoms with E-state index in [2.05, 4.69) is 131 Å². The molecule has 0 N–H and O–H groups in total. The van der Waals surface area contributed by atoms with Gasteiger partial charge in [0.25, 0.3) is 0 Å². The van der Waals surface area contributed by atoms with Gasteiger partial charge in [-0.05, 0) is 103 Å². The standard InChI is InChI=1S/C37H24N2.C2H6/c1-2-10-28(11-3-1)39(30-12-7-21-38-24-30)29-17-15-25(16-18-29)31-19-20-34-36-23-27-9-5-4-8-26(27)22-35(36)33-14-6-13-32(31)37(33)34;1-2/h1-24H;1-2H3. The second-order valence-electron chi connectivity index (χ2n) is 10.1. The molecule has 0 bridgehead atoms. The van der Waals surface area contributed by atoms with Gasteiger partial charge in [0.2, 0.25) is 0 Å². The summed E-state index contributed by atoms with van der Waals surface area (Å²) in [5, 5.41) is 5.22. The van der Waals surface area contributed by atoms with Crippen molar-refractivity contribution in [3.63, 3.8) is 0 Å². The van der Waals surface area contributed by atoms with Crippen molar-refractivity contribution in [2.45, 2.75) is 13.8 Å². The normalized spacial score (nSPS) is 11.2. The first-order valence-electron chi connectivity index (χ1n) is 14.3. The van der Waals surface area contributed by atoms with E-state index in [1.54, 1.807) is 0 Å². The summed E-state index contributed by atoms with van der Waals surface area (Å²) in [6.45, 7) is 4.00. The molecule has 0 saturated carbocycles. The second kappa shape index (κ2) is 10.4. The smallest absolute Gasteiger partial charge is 0.0644 e. The highest BCUT2D eigenvalue weighted by atomic mass is 15.1. The maximum Gasteiger partial charge on any atom is 0.0644 e. The Hall–Kier alpha value is -5.21. The SMILES string of the molecule is CC.c1ccc(N(c2ccc(-c3ccc4c5c(cccc35)-c3cc5ccccc5cc3-4)cc2)c2cccnc2)cc1. The number of fused-ring (bicyclic) bond motifs is 4. The molecule has 0 aliphatic heterocycles. The Balaban J connectivity index is 0.00000135. The summed E-state index contributed by atoms with van der Waals surface area (Å²) < 4.78 is 0. The molecule has 0 amide bonds. The van der Waals surface area contributed by atoms with Crippen molar-refractivity contribution in [1.29, 1.82) is 0 Å². The first kappa shape index (κ1) is 24.8. The third kappa shape index (κ3) is 4.16. The van der Waals surface area contributed by atoms with Crippen LogP contribution >= 0.6 is 0 Å². The summed E-state index contributed by atoms with van der Waals surface area (Å²) in [6.07, 6.45) is 3.72. The van der Waals surface area contributed by atoms with E-state index in [-0.39, 0.29) is 0 Å². The quantitative estimate of drug-likeness (QED) is 0.227. The van der Waals surface area contributed by atoms with Gasteiger partial charge in [-0.2, -0.15) is 0 Å². The summed E-state index contributed by atoms with van der Waals surface area (Å²) in [7, 11) is 0. The zero-order chi connectivity index (χ0) is 27.8. The van der Waals surface area contributed by atoms with Crippen molar-refractivity contribution in [2.75, 3.05) is 4.90 Å². The van der Waals surface area contributed by atoms with Crippen LogP contribution in [0.4, 0.5) is 17.1 Å². The molecule has 1 aliphatic rings. The lowest BCUT2D eigenvalue weighted by molar-refractivity contribution is 1.23. The second-order valence-corrected chi connectivity index (χ2v) is 10.1. The van der Waals surface area contributed by atoms with E-state index in [1.807, 2.05) is 38.4 Å². The van der Waals surface area contributed by atoms with Gasteiger partial charge in [0.05, 0.1) is 11.9 Å². The van der Waals surface area contributed by atoms with Crippen LogP contribution in [0, 0.1) is 0 Å². The van der Waals surface area contributed by atoms with E-state index in [0.29, 0.717) is 0 Å². The van der Waals surface area contributed by atoms with Crippen molar-refractivity contribution in [2.24, 2.45) is 0 Å². The lowest BCUT2D eigenvalue weighted by atomic mass is 9.94. The highest BCUT2D eigenvalue weighted by Gasteiger charge is 2.23. The Labute approximate surface area is 241 Å². The van der Waals surface area contributed by atoms with Gasteiger partial charge >= 0.3 is 0 Å². The predicted molar refractivity (Wildman–Crippen MR) is 175 cm³/mol. The van der Waals surface area contributed by atoms with Crippen molar-refractivity contribution in [1.82, 2.24) is 4.98 Å². The molecule has 0 radical (unpaired) electrons. The van der Waals surface area contributed by atoms with Crippen molar-refractivity contribution >= 4 is 38.6 Å². The van der Waals surface area contributed by atoms with E-state index in [1.165, 1.54) is 54.9 Å². The van der Waals surface area contributed by atoms with E-state index < -0.39 is 0 Å². The zero-order valence-electron chi connectivity index (χ0n) is 23.3. The van der Waals surface area contributed by atoms with Gasteiger partial charge in [0.15, 0.2) is 0 Å². The van der Waals surface area contributed by atoms with Crippen LogP contribution in [0.3, 0.4) is 0 Å². The number of para-hydroxylation sites is 1. The predicted octanol–water partition coefficient (Wildman–Crippen LogP) is 11.2. The fourth-order valence-electron chi connectivity index (χ4n) is 6.09. The number of benzene rings is 6. The van der Waals surface area contributed by atoms with Crippen LogP contribution in [0.25, 0.3) is 54.9 Å². The Morgan fingerprint density at radius 2 is 1.07 bits per heavy atom. The number of pyridine rings is 1. The molecule has 8 rings (SSSR count). The average Bonchev–Trinajstić information content (AvgIpc) is 3.36. The zero-order valence-corrected chi connectivity index (χ0v) is 23.3. The van der Waals surface area contributed by atoms with Gasteiger partial charge in [-0.3, -0.25) is 4.98 Å². The number of hydrogen-bond donors (Lipinski definition) is 0. The van der Waals surface area contributed by atoms with Crippen LogP contribution in [0.1, 0.15) is 13.8 Å². The van der Waals surface area contributed by atoms with Crippen LogP contribution in [0.15, 0.2) is 146 Å². The molecule has 0 unspecified atom stereocenters. The molecule has 41 heavy (non-hydrogen) atoms. The Morgan fingerprint density at radius 1 is 0.463 bits per heavy atom. The molecule has 2 heteroatoms. The maximum absolute atomic E-state index is 4.37. The molecule has 196 valence electrons. The van der Waals surface area contributed by atoms with Crippen LogP contribution in [0.5, 0.6) is 0 Å². The molecule has 1 aliphatic carbocycles. The lowest BCUT2D eigenvalue weighted by Gasteiger charge is -2.25. The fourth-order valence-corrected chi connectivity index (χ4v) is 6.09. The first-order valence-corrected chi connectivity index (χ1v) is 14.3. The number of rotatable bonds is 4. The third-order valence-corrected chi connectivity index (χ3v) is 7.86. The molecule has 2 nitrogen and oxygen atoms in total. The molecular formula is C39H30N2. The van der Waals surface area contributed by atoms with E-state index >= 15 is 0 Å². The lowest BCUT2D eigenvalue weighted by Crippen LogP contribution is -2.09. The van der Waals surface area contributed by atoms with Crippen LogP contribution in [-0.2, 0) is 0 Å². The molecule has 6 aromatic carbocycles. The summed E-state index contributed by atoms with van der Waals surface area (Å²) >= 11 is 0. The fraction of sp³-hybridized carbons (Fsp3) is 0.0513. The minimum absolute atomic E-state index is 1.03. The number of aromatic nitrogens is 1. The van der Waals surface area contributed by atoms with Gasteiger partial charge in [-0.25, -0.2) is 0 Å². The highest BCUT2D eigenvalue weighted by molar-refractivity contribution is 6.20. The number of nitrogens with zero attached hydrogens (tertiary/aromatic N) is 2. The molecule has 0 saturated heterocycles. The number of anilines is 3. The Kier molecular flexibility index (Phi) is 6.29. The molecule has 1 heterocycles. The van der Waals surface area contributed by atoms with Gasteiger partial charge in [-0.1, -0.05) is 98.8 Å². The summed E-state index contributed by atoms with van der Waals surface area (Å²) in [5.74, 6) is 0. The first-order chi connectivity index (χ1) is 20.3. The van der Waals surface area contributed by atoms with E-state index in [9.17, 15) is 0 Å². The van der Waals surface area contributed by atoms with E-state index in [4.69, 9.17) is 0 Å². The van der Waals surface area contributed by atoms with Gasteiger partial charge in [-0.15, -0.1) is 0 Å². The van der Waals surface area contributed by atoms with Crippen LogP contribution < -0.4 is 4.90 Å². The average molecular weight is 527 g/mol. The largest absolute Gasteiger partial charge is 0.309 e. The Bertz CT molecular complexity index is 1900. The van der Waals surface area contributed by atoms with Crippen molar-refractivity contribution in [3.8, 4) is 33.4 Å². The summed E-state index contributed by atoms with van der Waals surface area (Å²) in [6, 6.07) is 48.1. The monoisotopic (exact) mass is 526 g/mol. The molecule has 0 fully saturated rings. The van der Waals surface area contributed by atoms with Crippen molar-refractivity contribution < 1.29 is 0 Å². The maximum atomic E-state index is 4.37. The topological polar surface area (TPSA) is 16.1 Å². The minimum Gasteiger partial charge on any atom is -0.309 e. The van der Waals surface area contributed by atoms with Gasteiger partial charge < -0.3 is 4.90 Å². The van der Waals surface area contributed by atoms with Crippen LogP contribution in [-0.4, -0.2) is 4.98 Å². The molecule has 1 aromatic heterocycles. The Morgan fingerprint density at radius 3 is 1.76 bits per heavy atom. The number of hydrogen-bond acceptors (Lipinski definition) is 2. The highest BCUT2D eigenvalue weighted by Crippen LogP contribution is 2.50. The van der Waals surface area contributed by atoms with Crippen LogP contribution in [0.2, 0.25) is 0 Å². The summed E-state index contributed by atoms with van der Waals surface area (Å²) in [4.78, 5) is 6.61. The third-order valence-electron chi connectivity index (χ3n) is 7.86. The molecule has 0 atom stereocenters. The van der Waals surface area contributed by atoms with E-state index in [0.717, 1.165) is 17.1 Å². The van der Waals surface area contributed by atoms with Gasteiger partial charge in [0.1, 0.15) is 0 Å². The molecular weight excluding hydrogens is 496 g/mol. The van der Waals surface area contributed by atoms with Crippen molar-refractivity contribution in [3.05, 3.63) is 146 Å².